The maximum Gasteiger partial charge on any atom is 0.0545 e. The molecule has 1 atom stereocenters. The van der Waals surface area contributed by atoms with Crippen LogP contribution in [0.3, 0.4) is 0 Å². The highest BCUT2D eigenvalue weighted by Crippen LogP contribution is 2.29. The fourth-order valence-corrected chi connectivity index (χ4v) is 1.54. The molecule has 0 rings (SSSR count). The van der Waals surface area contributed by atoms with Crippen molar-refractivity contribution in [3.05, 3.63) is 0 Å². The van der Waals surface area contributed by atoms with Crippen molar-refractivity contribution < 1.29 is 5.11 Å². The molecule has 0 aliphatic carbocycles. The van der Waals surface area contributed by atoms with Gasteiger partial charge in [-0.15, -0.1) is 0 Å². The van der Waals surface area contributed by atoms with Gasteiger partial charge in [-0.2, -0.15) is 0 Å². The first kappa shape index (κ1) is 14.0. The number of aliphatic hydroxyl groups excluding tert-OH is 1. The lowest BCUT2D eigenvalue weighted by Crippen LogP contribution is -2.20. The van der Waals surface area contributed by atoms with Crippen molar-refractivity contribution in [3.8, 4) is 0 Å². The Morgan fingerprint density at radius 1 is 1.07 bits per heavy atom. The van der Waals surface area contributed by atoms with Crippen LogP contribution in [0.25, 0.3) is 0 Å². The highest BCUT2D eigenvalue weighted by Gasteiger charge is 2.20. The summed E-state index contributed by atoms with van der Waals surface area (Å²) < 4.78 is 0. The molecule has 0 aliphatic rings. The molecule has 1 heteroatoms. The van der Waals surface area contributed by atoms with Gasteiger partial charge in [0.25, 0.3) is 0 Å². The van der Waals surface area contributed by atoms with E-state index in [2.05, 4.69) is 41.5 Å². The summed E-state index contributed by atoms with van der Waals surface area (Å²) in [5.41, 5.74) is 0.634. The molecule has 0 aromatic heterocycles. The molecule has 0 aliphatic heterocycles. The molecule has 0 aromatic carbocycles. The number of hydrogen-bond acceptors (Lipinski definition) is 1. The van der Waals surface area contributed by atoms with E-state index in [1.807, 2.05) is 0 Å². The van der Waals surface area contributed by atoms with Gasteiger partial charge in [0, 0.05) is 0 Å². The van der Waals surface area contributed by atoms with E-state index in [1.54, 1.807) is 0 Å². The Labute approximate surface area is 89.9 Å². The van der Waals surface area contributed by atoms with Crippen LogP contribution in [-0.4, -0.2) is 11.2 Å². The van der Waals surface area contributed by atoms with Crippen molar-refractivity contribution in [1.29, 1.82) is 0 Å². The summed E-state index contributed by atoms with van der Waals surface area (Å²) in [7, 11) is 0. The van der Waals surface area contributed by atoms with Gasteiger partial charge in [0.05, 0.1) is 6.10 Å². The molecule has 0 amide bonds. The van der Waals surface area contributed by atoms with E-state index in [1.165, 1.54) is 6.42 Å². The van der Waals surface area contributed by atoms with Gasteiger partial charge < -0.3 is 5.11 Å². The lowest BCUT2D eigenvalue weighted by Gasteiger charge is -2.27. The standard InChI is InChI=1S/C13H28O/c1-7-13(5,6)9-8-11(14)10-12(2,3)4/h11,14H,7-10H2,1-6H3. The first-order valence-corrected chi connectivity index (χ1v) is 5.84. The van der Waals surface area contributed by atoms with Crippen LogP contribution in [0, 0.1) is 10.8 Å². The predicted molar refractivity (Wildman–Crippen MR) is 63.4 cm³/mol. The fraction of sp³-hybridized carbons (Fsp3) is 1.00. The molecule has 1 nitrogen and oxygen atoms in total. The summed E-state index contributed by atoms with van der Waals surface area (Å²) in [6.07, 6.45) is 4.04. The van der Waals surface area contributed by atoms with E-state index in [9.17, 15) is 5.11 Å². The van der Waals surface area contributed by atoms with E-state index in [0.29, 0.717) is 5.41 Å². The van der Waals surface area contributed by atoms with Crippen LogP contribution in [0.5, 0.6) is 0 Å². The van der Waals surface area contributed by atoms with Gasteiger partial charge in [0.2, 0.25) is 0 Å². The molecule has 86 valence electrons. The van der Waals surface area contributed by atoms with Crippen molar-refractivity contribution in [3.63, 3.8) is 0 Å². The van der Waals surface area contributed by atoms with Gasteiger partial charge in [0.15, 0.2) is 0 Å². The van der Waals surface area contributed by atoms with Crippen LogP contribution in [0.15, 0.2) is 0 Å². The van der Waals surface area contributed by atoms with Crippen LogP contribution < -0.4 is 0 Å². The SMILES string of the molecule is CCC(C)(C)CCC(O)CC(C)(C)C. The van der Waals surface area contributed by atoms with Crippen LogP contribution >= 0.6 is 0 Å². The van der Waals surface area contributed by atoms with Crippen LogP contribution in [-0.2, 0) is 0 Å². The molecule has 0 fully saturated rings. The molecule has 0 radical (unpaired) electrons. The van der Waals surface area contributed by atoms with E-state index < -0.39 is 0 Å². The minimum Gasteiger partial charge on any atom is -0.393 e. The highest BCUT2D eigenvalue weighted by atomic mass is 16.3. The third-order valence-electron chi connectivity index (χ3n) is 2.96. The highest BCUT2D eigenvalue weighted by molar-refractivity contribution is 4.72. The zero-order valence-electron chi connectivity index (χ0n) is 10.9. The lowest BCUT2D eigenvalue weighted by atomic mass is 9.81. The second-order valence-corrected chi connectivity index (χ2v) is 6.48. The molecule has 0 aromatic rings. The van der Waals surface area contributed by atoms with Crippen molar-refractivity contribution in [2.75, 3.05) is 0 Å². The third-order valence-corrected chi connectivity index (χ3v) is 2.96. The zero-order chi connectivity index (χ0) is 11.4. The molecule has 14 heavy (non-hydrogen) atoms. The second-order valence-electron chi connectivity index (χ2n) is 6.48. The summed E-state index contributed by atoms with van der Waals surface area (Å²) >= 11 is 0. The lowest BCUT2D eigenvalue weighted by molar-refractivity contribution is 0.0974. The van der Waals surface area contributed by atoms with Crippen LogP contribution in [0.4, 0.5) is 0 Å². The number of rotatable bonds is 5. The molecular formula is C13H28O. The molecular weight excluding hydrogens is 172 g/mol. The Hall–Kier alpha value is -0.0400. The monoisotopic (exact) mass is 200 g/mol. The first-order chi connectivity index (χ1) is 6.16. The Balaban J connectivity index is 3.80. The van der Waals surface area contributed by atoms with Gasteiger partial charge in [-0.25, -0.2) is 0 Å². The van der Waals surface area contributed by atoms with Gasteiger partial charge in [-0.1, -0.05) is 48.0 Å². The molecule has 1 unspecified atom stereocenters. The molecule has 0 heterocycles. The van der Waals surface area contributed by atoms with E-state index in [4.69, 9.17) is 0 Å². The van der Waals surface area contributed by atoms with E-state index in [0.717, 1.165) is 19.3 Å². The average Bonchev–Trinajstić information content (AvgIpc) is 1.98. The largest absolute Gasteiger partial charge is 0.393 e. The Morgan fingerprint density at radius 2 is 1.57 bits per heavy atom. The van der Waals surface area contributed by atoms with Crippen molar-refractivity contribution in [2.45, 2.75) is 73.3 Å². The third kappa shape index (κ3) is 7.37. The van der Waals surface area contributed by atoms with Gasteiger partial charge >= 0.3 is 0 Å². The quantitative estimate of drug-likeness (QED) is 0.711. The Bertz CT molecular complexity index is 153. The van der Waals surface area contributed by atoms with Crippen molar-refractivity contribution in [2.24, 2.45) is 10.8 Å². The van der Waals surface area contributed by atoms with Crippen LogP contribution in [0.1, 0.15) is 67.2 Å². The summed E-state index contributed by atoms with van der Waals surface area (Å²) in [6.45, 7) is 13.3. The second kappa shape index (κ2) is 5.16. The van der Waals surface area contributed by atoms with Crippen molar-refractivity contribution >= 4 is 0 Å². The minimum atomic E-state index is -0.124. The minimum absolute atomic E-state index is 0.124. The molecule has 0 saturated heterocycles. The molecule has 0 saturated carbocycles. The zero-order valence-corrected chi connectivity index (χ0v) is 10.9. The Morgan fingerprint density at radius 3 is 1.93 bits per heavy atom. The molecule has 0 bridgehead atoms. The number of aliphatic hydroxyl groups is 1. The molecule has 0 spiro atoms. The summed E-state index contributed by atoms with van der Waals surface area (Å²) in [5, 5.41) is 9.84. The van der Waals surface area contributed by atoms with Crippen molar-refractivity contribution in [1.82, 2.24) is 0 Å². The first-order valence-electron chi connectivity index (χ1n) is 5.84. The van der Waals surface area contributed by atoms with E-state index in [-0.39, 0.29) is 11.5 Å². The fourth-order valence-electron chi connectivity index (χ4n) is 1.54. The average molecular weight is 200 g/mol. The Kier molecular flexibility index (Phi) is 5.14. The van der Waals surface area contributed by atoms with Gasteiger partial charge in [-0.05, 0) is 30.1 Å². The number of hydrogen-bond donors (Lipinski definition) is 1. The smallest absolute Gasteiger partial charge is 0.0545 e. The maximum atomic E-state index is 9.84. The van der Waals surface area contributed by atoms with Gasteiger partial charge in [-0.3, -0.25) is 0 Å². The van der Waals surface area contributed by atoms with Gasteiger partial charge in [0.1, 0.15) is 0 Å². The van der Waals surface area contributed by atoms with E-state index >= 15 is 0 Å². The van der Waals surface area contributed by atoms with Crippen LogP contribution in [0.2, 0.25) is 0 Å². The summed E-state index contributed by atoms with van der Waals surface area (Å²) in [6, 6.07) is 0. The topological polar surface area (TPSA) is 20.2 Å². The molecule has 1 N–H and O–H groups in total. The predicted octanol–water partition coefficient (Wildman–Crippen LogP) is 4.00. The summed E-state index contributed by atoms with van der Waals surface area (Å²) in [4.78, 5) is 0. The normalized spacial score (nSPS) is 15.6. The summed E-state index contributed by atoms with van der Waals surface area (Å²) in [5.74, 6) is 0. The maximum absolute atomic E-state index is 9.84.